The van der Waals surface area contributed by atoms with Crippen molar-refractivity contribution in [3.63, 3.8) is 0 Å². The fourth-order valence-corrected chi connectivity index (χ4v) is 1.18. The minimum absolute atomic E-state index is 0.289. The molecule has 3 atom stereocenters. The van der Waals surface area contributed by atoms with Gasteiger partial charge in [0.25, 0.3) is 0 Å². The predicted molar refractivity (Wildman–Crippen MR) is 57.7 cm³/mol. The Balaban J connectivity index is 0.000000609. The van der Waals surface area contributed by atoms with Gasteiger partial charge in [0.1, 0.15) is 6.04 Å². The molecule has 1 rings (SSSR count). The van der Waals surface area contributed by atoms with Crippen molar-refractivity contribution < 1.29 is 48.2 Å². The van der Waals surface area contributed by atoms with Crippen molar-refractivity contribution in [2.24, 2.45) is 5.92 Å². The highest BCUT2D eigenvalue weighted by Crippen LogP contribution is 2.20. The summed E-state index contributed by atoms with van der Waals surface area (Å²) >= 11 is 0. The smallest absolute Gasteiger partial charge is 0.485 e. The fraction of sp³-hybridized carbons (Fsp3) is 1.00. The molecular weight excluding hydrogens is 291 g/mol. The van der Waals surface area contributed by atoms with Gasteiger partial charge in [0, 0.05) is 13.5 Å². The second-order valence-electron chi connectivity index (χ2n) is 4.22. The highest BCUT2D eigenvalue weighted by atomic mass is 32.2. The minimum Gasteiger partial charge on any atom is -0.741 e. The molecule has 1 unspecified atom stereocenters. The first-order chi connectivity index (χ1) is 10.8. The molecule has 0 radical (unpaired) electrons. The quantitative estimate of drug-likeness (QED) is 0.304. The van der Waals surface area contributed by atoms with E-state index in [1.807, 2.05) is 13.8 Å². The Morgan fingerprint density at radius 2 is 2.16 bits per heavy atom. The summed E-state index contributed by atoms with van der Waals surface area (Å²) in [4.78, 5) is 0. The Hall–Kier alpha value is -0.420. The number of quaternary nitrogens is 1. The van der Waals surface area contributed by atoms with Crippen LogP contribution in [0.5, 0.6) is 0 Å². The van der Waals surface area contributed by atoms with E-state index in [-0.39, 0.29) is 12.0 Å². The largest absolute Gasteiger partial charge is 0.741 e. The molecule has 0 bridgehead atoms. The van der Waals surface area contributed by atoms with Crippen molar-refractivity contribution in [3.05, 3.63) is 0 Å². The van der Waals surface area contributed by atoms with Gasteiger partial charge in [-0.1, -0.05) is 13.8 Å². The van der Waals surface area contributed by atoms with Gasteiger partial charge in [-0.3, -0.25) is 0 Å². The second kappa shape index (κ2) is 6.84. The zero-order valence-corrected chi connectivity index (χ0v) is 10.9. The number of nitrogens with two attached hydrogens (primary N) is 1. The zero-order chi connectivity index (χ0) is 20.4. The maximum Gasteiger partial charge on any atom is 0.485 e. The molecule has 3 N–H and O–H groups in total. The first-order valence-corrected chi connectivity index (χ1v) is 6.51. The molecule has 1 saturated heterocycles. The van der Waals surface area contributed by atoms with E-state index in [4.69, 9.17) is 21.3 Å². The molecule has 6 nitrogen and oxygen atoms in total. The number of aliphatic hydroxyl groups is 1. The van der Waals surface area contributed by atoms with Gasteiger partial charge in [-0.15, -0.1) is 0 Å². The summed E-state index contributed by atoms with van der Waals surface area (Å²) in [6, 6.07) is -1.11. The lowest BCUT2D eigenvalue weighted by atomic mass is 10.1. The number of rotatable bonds is 5. The summed E-state index contributed by atoms with van der Waals surface area (Å²) in [5.74, 6) is 0.289. The van der Waals surface area contributed by atoms with E-state index in [1.165, 1.54) is 0 Å². The number of hydrogen-bond acceptors (Lipinski definition) is 5. The van der Waals surface area contributed by atoms with Gasteiger partial charge in [-0.05, 0) is 5.92 Å². The van der Waals surface area contributed by atoms with E-state index in [9.17, 15) is 13.2 Å². The maximum atomic E-state index is 10.7. The van der Waals surface area contributed by atoms with Crippen LogP contribution >= 0.6 is 0 Å². The molecule has 19 heavy (non-hydrogen) atoms. The van der Waals surface area contributed by atoms with Crippen LogP contribution in [0.15, 0.2) is 0 Å². The molecule has 0 saturated carbocycles. The van der Waals surface area contributed by atoms with Gasteiger partial charge in [0.2, 0.25) is 7.72 Å². The molecular formula is C9H18F3NO5S. The number of ether oxygens (including phenoxy) is 1. The average Bonchev–Trinajstić information content (AvgIpc) is 2.84. The van der Waals surface area contributed by atoms with Crippen molar-refractivity contribution in [1.82, 2.24) is 0 Å². The molecule has 0 aromatic rings. The summed E-state index contributed by atoms with van der Waals surface area (Å²) in [5.41, 5.74) is -5.65. The van der Waals surface area contributed by atoms with Gasteiger partial charge in [0.15, 0.2) is 16.2 Å². The monoisotopic (exact) mass is 315 g/mol. The van der Waals surface area contributed by atoms with Crippen molar-refractivity contribution in [2.75, 3.05) is 7.04 Å². The molecule has 10 heteroatoms. The minimum atomic E-state index is -6.09. The number of hydrogen-bond donors (Lipinski definition) is 2. The van der Waals surface area contributed by atoms with Crippen LogP contribution in [0.4, 0.5) is 13.2 Å². The topological polar surface area (TPSA) is 103 Å². The van der Waals surface area contributed by atoms with E-state index in [2.05, 4.69) is 9.85 Å². The van der Waals surface area contributed by atoms with Crippen molar-refractivity contribution >= 4 is 10.1 Å². The Kier molecular flexibility index (Phi) is 3.72. The maximum absolute atomic E-state index is 10.7. The highest BCUT2D eigenvalue weighted by molar-refractivity contribution is 7.86. The summed E-state index contributed by atoms with van der Waals surface area (Å²) in [5, 5.41) is 3.36. The van der Waals surface area contributed by atoms with E-state index >= 15 is 0 Å². The van der Waals surface area contributed by atoms with Gasteiger partial charge in [-0.25, -0.2) is 8.42 Å². The van der Waals surface area contributed by atoms with Gasteiger partial charge in [-0.2, -0.15) is 13.2 Å². The van der Waals surface area contributed by atoms with Crippen molar-refractivity contribution in [3.8, 4) is 0 Å². The molecule has 116 valence electrons. The van der Waals surface area contributed by atoms with Gasteiger partial charge >= 0.3 is 8.33 Å². The summed E-state index contributed by atoms with van der Waals surface area (Å²) in [6.45, 7) is 3.91. The Morgan fingerprint density at radius 1 is 1.63 bits per heavy atom. The summed E-state index contributed by atoms with van der Waals surface area (Å²) in [6.07, 6.45) is -0.761. The molecule has 1 aliphatic heterocycles. The Morgan fingerprint density at radius 3 is 2.47 bits per heavy atom. The number of methoxy groups -OCH3 is 1. The van der Waals surface area contributed by atoms with E-state index in [0.29, 0.717) is 6.42 Å². The number of halogens is 3. The third kappa shape index (κ3) is 7.06. The third-order valence-corrected chi connectivity index (χ3v) is 2.63. The standard InChI is InChI=1S/C8H17NO2.CHF3O3S/c1-5(2)4-6-7(9-6)8(10)11-3;2-1(3,4)8(5,6)7/h5-10H,4H2,1-3H3;(H,5,6,7)/t6-,7+,8?;/m0./s1/i3D3,10D;/hD2. The van der Waals surface area contributed by atoms with Crippen LogP contribution in [0.25, 0.3) is 0 Å². The molecule has 1 aliphatic rings. The normalized spacial score (nSPS) is 32.6. The van der Waals surface area contributed by atoms with E-state index in [0.717, 1.165) is 0 Å². The molecule has 0 aliphatic carbocycles. The lowest BCUT2D eigenvalue weighted by Gasteiger charge is -2.08. The number of alkyl halides is 3. The van der Waals surface area contributed by atoms with E-state index in [1.54, 1.807) is 0 Å². The lowest BCUT2D eigenvalue weighted by molar-refractivity contribution is -0.529. The van der Waals surface area contributed by atoms with Crippen molar-refractivity contribution in [2.45, 2.75) is 44.2 Å². The van der Waals surface area contributed by atoms with Crippen LogP contribution < -0.4 is 5.30 Å². The molecule has 1 heterocycles. The SMILES string of the molecule is O=S(=O)([O-])C(F)(F)F.[2H]OC(OC([2H])([2H])[2H])[C@H]1[C@H](CC(C)C)[N+]1([2H])[2H]. The van der Waals surface area contributed by atoms with Crippen LogP contribution in [0.1, 0.15) is 24.4 Å². The molecule has 0 aromatic carbocycles. The second-order valence-corrected chi connectivity index (χ2v) is 5.59. The van der Waals surface area contributed by atoms with Crippen LogP contribution in [0, 0.1) is 5.92 Å². The van der Waals surface area contributed by atoms with Crippen molar-refractivity contribution in [1.29, 1.82) is 1.43 Å². The Bertz CT molecular complexity index is 541. The first-order valence-electron chi connectivity index (χ1n) is 7.90. The Labute approximate surface area is 118 Å². The van der Waals surface area contributed by atoms with Crippen LogP contribution in [-0.4, -0.2) is 50.4 Å². The summed E-state index contributed by atoms with van der Waals surface area (Å²) in [7, 11) is -8.77. The molecule has 0 spiro atoms. The first kappa shape index (κ1) is 10.3. The highest BCUT2D eigenvalue weighted by Gasteiger charge is 2.48. The molecule has 0 aromatic heterocycles. The average molecular weight is 315 g/mol. The van der Waals surface area contributed by atoms with Crippen LogP contribution in [0.2, 0.25) is 2.82 Å². The summed E-state index contributed by atoms with van der Waals surface area (Å²) < 4.78 is 106. The zero-order valence-electron chi connectivity index (χ0n) is 16.0. The van der Waals surface area contributed by atoms with Crippen LogP contribution in [0.3, 0.4) is 0 Å². The van der Waals surface area contributed by atoms with Gasteiger partial charge in [0.05, 0.1) is 4.11 Å². The fourth-order valence-electron chi connectivity index (χ4n) is 1.18. The lowest BCUT2D eigenvalue weighted by Crippen LogP contribution is -2.64. The van der Waals surface area contributed by atoms with E-state index < -0.39 is 40.3 Å². The molecule has 1 fully saturated rings. The predicted octanol–water partition coefficient (Wildman–Crippen LogP) is -0.637. The third-order valence-electron chi connectivity index (χ3n) is 2.06. The van der Waals surface area contributed by atoms with Crippen LogP contribution in [-0.2, 0) is 14.9 Å². The molecule has 0 amide bonds. The number of aliphatic hydroxyl groups excluding tert-OH is 1. The van der Waals surface area contributed by atoms with Gasteiger partial charge < -0.3 is 19.7 Å².